The lowest BCUT2D eigenvalue weighted by Crippen LogP contribution is -1.97. The van der Waals surface area contributed by atoms with E-state index in [0.717, 1.165) is 22.6 Å². The van der Waals surface area contributed by atoms with Crippen molar-refractivity contribution in [3.63, 3.8) is 0 Å². The van der Waals surface area contributed by atoms with E-state index in [2.05, 4.69) is 51.9 Å². The standard InChI is InChI=1S/C17H19BrN2O/c1-3-11(2)12-6-8-14(9-7-12)21-16-10-15(18)19-17(20-16)13-4-5-13/h6-11,13H,3-5H2,1-2H3. The zero-order chi connectivity index (χ0) is 14.8. The van der Waals surface area contributed by atoms with Gasteiger partial charge in [0.15, 0.2) is 0 Å². The normalized spacial score (nSPS) is 15.8. The highest BCUT2D eigenvalue weighted by molar-refractivity contribution is 9.10. The number of hydrogen-bond donors (Lipinski definition) is 0. The maximum Gasteiger partial charge on any atom is 0.223 e. The Morgan fingerprint density at radius 3 is 2.57 bits per heavy atom. The molecule has 4 heteroatoms. The molecular formula is C17H19BrN2O. The molecule has 0 bridgehead atoms. The highest BCUT2D eigenvalue weighted by Gasteiger charge is 2.27. The second-order valence-corrected chi connectivity index (χ2v) is 6.45. The Balaban J connectivity index is 1.76. The lowest BCUT2D eigenvalue weighted by molar-refractivity contribution is 0.457. The Labute approximate surface area is 133 Å². The molecule has 0 radical (unpaired) electrons. The molecule has 1 atom stereocenters. The molecule has 3 nitrogen and oxygen atoms in total. The van der Waals surface area contributed by atoms with Gasteiger partial charge in [-0.1, -0.05) is 26.0 Å². The van der Waals surface area contributed by atoms with Crippen LogP contribution in [0.1, 0.15) is 56.3 Å². The summed E-state index contributed by atoms with van der Waals surface area (Å²) < 4.78 is 6.65. The second kappa shape index (κ2) is 6.14. The van der Waals surface area contributed by atoms with Crippen molar-refractivity contribution in [1.29, 1.82) is 0 Å². The number of aromatic nitrogens is 2. The molecule has 1 heterocycles. The first kappa shape index (κ1) is 14.5. The summed E-state index contributed by atoms with van der Waals surface area (Å²) in [6, 6.07) is 10.1. The number of rotatable bonds is 5. The summed E-state index contributed by atoms with van der Waals surface area (Å²) in [7, 11) is 0. The van der Waals surface area contributed by atoms with Crippen molar-refractivity contribution in [1.82, 2.24) is 9.97 Å². The van der Waals surface area contributed by atoms with Crippen molar-refractivity contribution in [3.8, 4) is 11.6 Å². The lowest BCUT2D eigenvalue weighted by Gasteiger charge is -2.10. The minimum atomic E-state index is 0.512. The zero-order valence-electron chi connectivity index (χ0n) is 12.3. The largest absolute Gasteiger partial charge is 0.439 e. The zero-order valence-corrected chi connectivity index (χ0v) is 13.9. The highest BCUT2D eigenvalue weighted by Crippen LogP contribution is 2.39. The predicted octanol–water partition coefficient (Wildman–Crippen LogP) is 5.42. The third-order valence-electron chi connectivity index (χ3n) is 3.92. The maximum atomic E-state index is 5.87. The highest BCUT2D eigenvalue weighted by atomic mass is 79.9. The van der Waals surface area contributed by atoms with Gasteiger partial charge in [0.05, 0.1) is 0 Å². The third-order valence-corrected chi connectivity index (χ3v) is 4.32. The van der Waals surface area contributed by atoms with Crippen LogP contribution < -0.4 is 4.74 Å². The van der Waals surface area contributed by atoms with Crippen LogP contribution in [0.5, 0.6) is 11.6 Å². The first-order valence-electron chi connectivity index (χ1n) is 7.48. The number of hydrogen-bond acceptors (Lipinski definition) is 3. The molecule has 1 aliphatic carbocycles. The van der Waals surface area contributed by atoms with E-state index in [4.69, 9.17) is 4.74 Å². The van der Waals surface area contributed by atoms with Crippen LogP contribution in [0.3, 0.4) is 0 Å². The van der Waals surface area contributed by atoms with Crippen molar-refractivity contribution in [2.75, 3.05) is 0 Å². The summed E-state index contributed by atoms with van der Waals surface area (Å²) in [5.74, 6) is 3.39. The molecule has 1 unspecified atom stereocenters. The van der Waals surface area contributed by atoms with Gasteiger partial charge in [0, 0.05) is 12.0 Å². The molecule has 0 spiro atoms. The van der Waals surface area contributed by atoms with Crippen LogP contribution in [0.25, 0.3) is 0 Å². The van der Waals surface area contributed by atoms with Gasteiger partial charge in [0.2, 0.25) is 5.88 Å². The fourth-order valence-corrected chi connectivity index (χ4v) is 2.59. The predicted molar refractivity (Wildman–Crippen MR) is 86.9 cm³/mol. The monoisotopic (exact) mass is 346 g/mol. The molecule has 1 saturated carbocycles. The van der Waals surface area contributed by atoms with E-state index in [1.165, 1.54) is 18.4 Å². The lowest BCUT2D eigenvalue weighted by atomic mass is 9.99. The molecule has 1 aromatic carbocycles. The Morgan fingerprint density at radius 1 is 1.24 bits per heavy atom. The first-order valence-corrected chi connectivity index (χ1v) is 8.27. The minimum Gasteiger partial charge on any atom is -0.439 e. The van der Waals surface area contributed by atoms with Crippen LogP contribution in [0.15, 0.2) is 34.9 Å². The minimum absolute atomic E-state index is 0.512. The summed E-state index contributed by atoms with van der Waals surface area (Å²) in [5, 5.41) is 0. The molecule has 110 valence electrons. The molecule has 21 heavy (non-hydrogen) atoms. The van der Waals surface area contributed by atoms with E-state index in [0.29, 0.717) is 17.7 Å². The number of nitrogens with zero attached hydrogens (tertiary/aromatic N) is 2. The average molecular weight is 347 g/mol. The number of ether oxygens (including phenoxy) is 1. The Bertz CT molecular complexity index is 623. The summed E-state index contributed by atoms with van der Waals surface area (Å²) >= 11 is 3.43. The van der Waals surface area contributed by atoms with Gasteiger partial charge in [-0.25, -0.2) is 4.98 Å². The molecule has 1 aromatic heterocycles. The van der Waals surface area contributed by atoms with Crippen LogP contribution in [0.2, 0.25) is 0 Å². The van der Waals surface area contributed by atoms with E-state index >= 15 is 0 Å². The molecule has 1 aliphatic rings. The fourth-order valence-electron chi connectivity index (χ4n) is 2.21. The van der Waals surface area contributed by atoms with Gasteiger partial charge in [0.25, 0.3) is 0 Å². The molecule has 0 amide bonds. The van der Waals surface area contributed by atoms with Gasteiger partial charge in [-0.2, -0.15) is 4.98 Å². The molecular weight excluding hydrogens is 328 g/mol. The van der Waals surface area contributed by atoms with Crippen molar-refractivity contribution >= 4 is 15.9 Å². The second-order valence-electron chi connectivity index (χ2n) is 5.64. The van der Waals surface area contributed by atoms with Crippen LogP contribution in [-0.2, 0) is 0 Å². The molecule has 0 N–H and O–H groups in total. The van der Waals surface area contributed by atoms with Gasteiger partial charge < -0.3 is 4.74 Å². The topological polar surface area (TPSA) is 35.0 Å². The smallest absolute Gasteiger partial charge is 0.223 e. The average Bonchev–Trinajstić information content (AvgIpc) is 3.31. The van der Waals surface area contributed by atoms with Crippen molar-refractivity contribution in [2.45, 2.75) is 44.9 Å². The van der Waals surface area contributed by atoms with Crippen molar-refractivity contribution < 1.29 is 4.74 Å². The molecule has 1 fully saturated rings. The van der Waals surface area contributed by atoms with Gasteiger partial charge >= 0.3 is 0 Å². The molecule has 0 saturated heterocycles. The summed E-state index contributed by atoms with van der Waals surface area (Å²) in [5.41, 5.74) is 1.34. The van der Waals surface area contributed by atoms with Crippen LogP contribution in [-0.4, -0.2) is 9.97 Å². The van der Waals surface area contributed by atoms with Crippen LogP contribution >= 0.6 is 15.9 Å². The molecule has 3 rings (SSSR count). The summed E-state index contributed by atoms with van der Waals surface area (Å²) in [6.07, 6.45) is 3.50. The quantitative estimate of drug-likeness (QED) is 0.677. The third kappa shape index (κ3) is 3.62. The Hall–Kier alpha value is -1.42. The van der Waals surface area contributed by atoms with Gasteiger partial charge in [-0.15, -0.1) is 0 Å². The van der Waals surface area contributed by atoms with Crippen LogP contribution in [0.4, 0.5) is 0 Å². The van der Waals surface area contributed by atoms with Crippen LogP contribution in [0, 0.1) is 0 Å². The summed E-state index contributed by atoms with van der Waals surface area (Å²) in [4.78, 5) is 8.91. The van der Waals surface area contributed by atoms with Gasteiger partial charge in [-0.05, 0) is 58.8 Å². The summed E-state index contributed by atoms with van der Waals surface area (Å²) in [6.45, 7) is 4.44. The Kier molecular flexibility index (Phi) is 4.24. The van der Waals surface area contributed by atoms with Crippen molar-refractivity contribution in [2.24, 2.45) is 0 Å². The molecule has 0 aliphatic heterocycles. The van der Waals surface area contributed by atoms with Gasteiger partial charge in [-0.3, -0.25) is 0 Å². The van der Waals surface area contributed by atoms with E-state index in [9.17, 15) is 0 Å². The number of halogens is 1. The number of benzene rings is 1. The van der Waals surface area contributed by atoms with E-state index in [1.807, 2.05) is 18.2 Å². The van der Waals surface area contributed by atoms with E-state index in [-0.39, 0.29) is 0 Å². The maximum absolute atomic E-state index is 5.87. The first-order chi connectivity index (χ1) is 10.2. The van der Waals surface area contributed by atoms with Gasteiger partial charge in [0.1, 0.15) is 16.2 Å². The fraction of sp³-hybridized carbons (Fsp3) is 0.412. The molecule has 2 aromatic rings. The van der Waals surface area contributed by atoms with E-state index in [1.54, 1.807) is 0 Å². The SMILES string of the molecule is CCC(C)c1ccc(Oc2cc(Br)nc(C3CC3)n2)cc1. The van der Waals surface area contributed by atoms with E-state index < -0.39 is 0 Å². The Morgan fingerprint density at radius 2 is 1.95 bits per heavy atom. The van der Waals surface area contributed by atoms with Crippen molar-refractivity contribution in [3.05, 3.63) is 46.3 Å².